The molecule has 2 heterocycles. The summed E-state index contributed by atoms with van der Waals surface area (Å²) < 4.78 is 1.95. The number of nitrogens with one attached hydrogen (secondary N) is 1. The molecule has 0 unspecified atom stereocenters. The van der Waals surface area contributed by atoms with Crippen LogP contribution in [0.25, 0.3) is 5.65 Å². The van der Waals surface area contributed by atoms with Crippen molar-refractivity contribution in [3.8, 4) is 0 Å². The molecule has 0 spiro atoms. The molecule has 0 aromatic carbocycles. The lowest BCUT2D eigenvalue weighted by atomic mass is 10.2. The Hall–Kier alpha value is -1.91. The normalized spacial score (nSPS) is 15.1. The van der Waals surface area contributed by atoms with E-state index in [0.29, 0.717) is 0 Å². The van der Waals surface area contributed by atoms with E-state index in [9.17, 15) is 0 Å². The second-order valence-corrected chi connectivity index (χ2v) is 4.65. The van der Waals surface area contributed by atoms with Gasteiger partial charge in [-0.1, -0.05) is 11.6 Å². The Kier molecular flexibility index (Phi) is 2.96. The molecule has 18 heavy (non-hydrogen) atoms. The van der Waals surface area contributed by atoms with Gasteiger partial charge in [0.15, 0.2) is 5.82 Å². The van der Waals surface area contributed by atoms with Gasteiger partial charge in [0.2, 0.25) is 5.65 Å². The van der Waals surface area contributed by atoms with Crippen LogP contribution in [0.4, 0.5) is 5.82 Å². The van der Waals surface area contributed by atoms with E-state index in [-0.39, 0.29) is 0 Å². The summed E-state index contributed by atoms with van der Waals surface area (Å²) in [7, 11) is 0. The van der Waals surface area contributed by atoms with Gasteiger partial charge >= 0.3 is 0 Å². The summed E-state index contributed by atoms with van der Waals surface area (Å²) in [4.78, 5) is 4.33. The predicted molar refractivity (Wildman–Crippen MR) is 70.6 cm³/mol. The zero-order chi connectivity index (χ0) is 12.4. The Balaban J connectivity index is 1.70. The summed E-state index contributed by atoms with van der Waals surface area (Å²) in [6.45, 7) is 2.84. The molecule has 0 amide bonds. The average Bonchev–Trinajstić information content (AvgIpc) is 3.01. The van der Waals surface area contributed by atoms with E-state index < -0.39 is 0 Å². The van der Waals surface area contributed by atoms with Crippen LogP contribution >= 0.6 is 0 Å². The van der Waals surface area contributed by atoms with Crippen molar-refractivity contribution in [3.05, 3.63) is 29.9 Å². The Bertz CT molecular complexity index is 584. The minimum Gasteiger partial charge on any atom is -0.367 e. The molecule has 1 aliphatic carbocycles. The number of allylic oxidation sites excluding steroid dienone is 1. The van der Waals surface area contributed by atoms with Crippen LogP contribution in [-0.4, -0.2) is 26.1 Å². The molecule has 0 bridgehead atoms. The first kappa shape index (κ1) is 11.2. The van der Waals surface area contributed by atoms with Gasteiger partial charge in [-0.15, -0.1) is 10.2 Å². The van der Waals surface area contributed by atoms with Crippen LogP contribution < -0.4 is 5.32 Å². The highest BCUT2D eigenvalue weighted by Crippen LogP contribution is 2.20. The predicted octanol–water partition coefficient (Wildman–Crippen LogP) is 2.35. The lowest BCUT2D eigenvalue weighted by Gasteiger charge is -2.06. The number of rotatable bonds is 4. The van der Waals surface area contributed by atoms with E-state index in [1.54, 1.807) is 11.8 Å². The number of nitrogens with zero attached hydrogens (tertiary/aromatic N) is 4. The van der Waals surface area contributed by atoms with Gasteiger partial charge in [-0.2, -0.15) is 0 Å². The van der Waals surface area contributed by atoms with Gasteiger partial charge in [0.1, 0.15) is 5.82 Å². The fourth-order valence-electron chi connectivity index (χ4n) is 2.37. The van der Waals surface area contributed by atoms with Gasteiger partial charge in [0.05, 0.1) is 0 Å². The van der Waals surface area contributed by atoms with Crippen LogP contribution in [0.15, 0.2) is 24.0 Å². The Morgan fingerprint density at radius 1 is 1.39 bits per heavy atom. The molecule has 1 aliphatic rings. The molecule has 2 aromatic heterocycles. The van der Waals surface area contributed by atoms with Crippen molar-refractivity contribution in [2.45, 2.75) is 32.6 Å². The zero-order valence-corrected chi connectivity index (χ0v) is 10.6. The maximum absolute atomic E-state index is 4.33. The van der Waals surface area contributed by atoms with Crippen LogP contribution in [-0.2, 0) is 0 Å². The largest absolute Gasteiger partial charge is 0.367 e. The summed E-state index contributed by atoms with van der Waals surface area (Å²) in [6.07, 6.45) is 10.9. The number of fused-ring (bicyclic) bond motifs is 1. The van der Waals surface area contributed by atoms with Crippen molar-refractivity contribution in [3.63, 3.8) is 0 Å². The van der Waals surface area contributed by atoms with Gasteiger partial charge in [0.25, 0.3) is 0 Å². The monoisotopic (exact) mass is 243 g/mol. The third-order valence-corrected chi connectivity index (χ3v) is 3.37. The topological polar surface area (TPSA) is 55.1 Å². The lowest BCUT2D eigenvalue weighted by molar-refractivity contribution is 0.861. The van der Waals surface area contributed by atoms with Crippen molar-refractivity contribution in [1.29, 1.82) is 0 Å². The Labute approximate surface area is 106 Å². The van der Waals surface area contributed by atoms with Crippen molar-refractivity contribution < 1.29 is 0 Å². The van der Waals surface area contributed by atoms with Crippen LogP contribution in [0.2, 0.25) is 0 Å². The third kappa shape index (κ3) is 2.08. The molecule has 3 rings (SSSR count). The standard InChI is InChI=1S/C13H17N5/c1-10-16-17-13-12(15-8-9-18(10)13)14-7-6-11-4-2-3-5-11/h4,8-9H,2-3,5-7H2,1H3,(H,14,15). The first-order chi connectivity index (χ1) is 8.84. The average molecular weight is 243 g/mol. The first-order valence-electron chi connectivity index (χ1n) is 6.43. The summed E-state index contributed by atoms with van der Waals surface area (Å²) in [5, 5.41) is 11.6. The van der Waals surface area contributed by atoms with Gasteiger partial charge in [-0.05, 0) is 32.6 Å². The Morgan fingerprint density at radius 2 is 2.33 bits per heavy atom. The molecular weight excluding hydrogens is 226 g/mol. The smallest absolute Gasteiger partial charge is 0.203 e. The summed E-state index contributed by atoms with van der Waals surface area (Å²) in [5.41, 5.74) is 2.36. The van der Waals surface area contributed by atoms with Gasteiger partial charge in [-0.25, -0.2) is 4.98 Å². The van der Waals surface area contributed by atoms with E-state index in [0.717, 1.165) is 30.3 Å². The number of aryl methyl sites for hydroxylation is 1. The zero-order valence-electron chi connectivity index (χ0n) is 10.6. The van der Waals surface area contributed by atoms with Crippen molar-refractivity contribution in [2.24, 2.45) is 0 Å². The van der Waals surface area contributed by atoms with Crippen molar-refractivity contribution in [2.75, 3.05) is 11.9 Å². The van der Waals surface area contributed by atoms with E-state index in [4.69, 9.17) is 0 Å². The summed E-state index contributed by atoms with van der Waals surface area (Å²) in [6, 6.07) is 0. The maximum Gasteiger partial charge on any atom is 0.203 e. The van der Waals surface area contributed by atoms with E-state index in [1.165, 1.54) is 19.3 Å². The molecule has 5 nitrogen and oxygen atoms in total. The highest BCUT2D eigenvalue weighted by Gasteiger charge is 2.08. The molecule has 5 heteroatoms. The summed E-state index contributed by atoms with van der Waals surface area (Å²) in [5.74, 6) is 1.70. The fraction of sp³-hybridized carbons (Fsp3) is 0.462. The number of anilines is 1. The number of hydrogen-bond acceptors (Lipinski definition) is 4. The van der Waals surface area contributed by atoms with Gasteiger partial charge in [-0.3, -0.25) is 4.40 Å². The highest BCUT2D eigenvalue weighted by atomic mass is 15.3. The maximum atomic E-state index is 4.33. The van der Waals surface area contributed by atoms with E-state index in [2.05, 4.69) is 26.6 Å². The van der Waals surface area contributed by atoms with Crippen LogP contribution in [0.3, 0.4) is 0 Å². The minimum atomic E-state index is 0.801. The van der Waals surface area contributed by atoms with Gasteiger partial charge < -0.3 is 5.32 Å². The van der Waals surface area contributed by atoms with Crippen LogP contribution in [0.5, 0.6) is 0 Å². The third-order valence-electron chi connectivity index (χ3n) is 3.37. The SMILES string of the molecule is Cc1nnc2c(NCCC3=CCCC3)nccn12. The Morgan fingerprint density at radius 3 is 3.17 bits per heavy atom. The van der Waals surface area contributed by atoms with Crippen molar-refractivity contribution in [1.82, 2.24) is 19.6 Å². The molecule has 0 radical (unpaired) electrons. The lowest BCUT2D eigenvalue weighted by Crippen LogP contribution is -2.06. The molecule has 94 valence electrons. The van der Waals surface area contributed by atoms with Crippen LogP contribution in [0.1, 0.15) is 31.5 Å². The molecule has 0 aliphatic heterocycles. The fourth-order valence-corrected chi connectivity index (χ4v) is 2.37. The molecule has 0 saturated carbocycles. The molecule has 2 aromatic rings. The molecule has 0 atom stereocenters. The highest BCUT2D eigenvalue weighted by molar-refractivity contribution is 5.61. The molecular formula is C13H17N5. The van der Waals surface area contributed by atoms with E-state index >= 15 is 0 Å². The minimum absolute atomic E-state index is 0.801. The van der Waals surface area contributed by atoms with E-state index in [1.807, 2.05) is 17.5 Å². The first-order valence-corrected chi connectivity index (χ1v) is 6.43. The molecule has 1 N–H and O–H groups in total. The summed E-state index contributed by atoms with van der Waals surface area (Å²) >= 11 is 0. The second-order valence-electron chi connectivity index (χ2n) is 4.65. The molecule has 0 fully saturated rings. The number of aromatic nitrogens is 4. The van der Waals surface area contributed by atoms with Gasteiger partial charge in [0, 0.05) is 18.9 Å². The quantitative estimate of drug-likeness (QED) is 0.837. The van der Waals surface area contributed by atoms with Crippen molar-refractivity contribution >= 4 is 11.5 Å². The second kappa shape index (κ2) is 4.76. The van der Waals surface area contributed by atoms with Crippen LogP contribution in [0, 0.1) is 6.92 Å². The number of hydrogen-bond donors (Lipinski definition) is 1. The molecule has 0 saturated heterocycles.